The molecule has 1 saturated heterocycles. The summed E-state index contributed by atoms with van der Waals surface area (Å²) in [5.74, 6) is -0.186. The van der Waals surface area contributed by atoms with Crippen molar-refractivity contribution in [2.24, 2.45) is 0 Å². The zero-order valence-electron chi connectivity index (χ0n) is 6.63. The number of hydrogen-bond donors (Lipinski definition) is 1. The summed E-state index contributed by atoms with van der Waals surface area (Å²) in [5, 5.41) is 3.23. The minimum Gasteiger partial charge on any atom is -0.464 e. The predicted octanol–water partition coefficient (Wildman–Crippen LogP) is 0.723. The molecular formula is C7H14ClNO2. The molecular weight excluding hydrogens is 166 g/mol. The fourth-order valence-corrected chi connectivity index (χ4v) is 1.12. The van der Waals surface area contributed by atoms with Crippen molar-refractivity contribution in [3.8, 4) is 0 Å². The molecule has 3 nitrogen and oxygen atoms in total. The number of hydrogen-bond acceptors (Lipinski definition) is 3. The summed E-state index contributed by atoms with van der Waals surface area (Å²) in [4.78, 5) is 10.4. The van der Waals surface area contributed by atoms with Gasteiger partial charge in [-0.1, -0.05) is 0 Å². The van der Waals surface area contributed by atoms with Gasteiger partial charge in [0.05, 0.1) is 0 Å². The van der Waals surface area contributed by atoms with Gasteiger partial charge in [0.25, 0.3) is 0 Å². The molecule has 4 heteroatoms. The monoisotopic (exact) mass is 179 g/mol. The standard InChI is InChI=1S/C7H13NO2.ClH/c1-6(9)10-5-7-3-2-4-8-7;/h7-8H,2-5H2,1H3;1H/t7-;/m1./s1. The number of rotatable bonds is 2. The van der Waals surface area contributed by atoms with Crippen LogP contribution in [0.2, 0.25) is 0 Å². The van der Waals surface area contributed by atoms with E-state index in [1.165, 1.54) is 13.3 Å². The smallest absolute Gasteiger partial charge is 0.302 e. The van der Waals surface area contributed by atoms with Crippen LogP contribution in [-0.4, -0.2) is 25.2 Å². The Balaban J connectivity index is 0.000001000. The van der Waals surface area contributed by atoms with Crippen molar-refractivity contribution in [2.75, 3.05) is 13.2 Å². The Kier molecular flexibility index (Phi) is 5.24. The van der Waals surface area contributed by atoms with Crippen LogP contribution in [0.1, 0.15) is 19.8 Å². The molecule has 1 heterocycles. The van der Waals surface area contributed by atoms with Gasteiger partial charge in [-0.05, 0) is 19.4 Å². The Morgan fingerprint density at radius 2 is 2.45 bits per heavy atom. The number of carbonyl (C=O) groups excluding carboxylic acids is 1. The molecule has 0 aromatic rings. The molecule has 11 heavy (non-hydrogen) atoms. The van der Waals surface area contributed by atoms with Crippen LogP contribution in [0.15, 0.2) is 0 Å². The summed E-state index contributed by atoms with van der Waals surface area (Å²) in [7, 11) is 0. The third kappa shape index (κ3) is 4.22. The van der Waals surface area contributed by atoms with Crippen LogP contribution in [0.4, 0.5) is 0 Å². The van der Waals surface area contributed by atoms with Crippen LogP contribution in [-0.2, 0) is 9.53 Å². The van der Waals surface area contributed by atoms with Crippen molar-refractivity contribution in [3.05, 3.63) is 0 Å². The largest absolute Gasteiger partial charge is 0.464 e. The van der Waals surface area contributed by atoms with E-state index in [4.69, 9.17) is 4.74 Å². The average Bonchev–Trinajstić information content (AvgIpc) is 2.34. The fraction of sp³-hybridized carbons (Fsp3) is 0.857. The molecule has 1 atom stereocenters. The van der Waals surface area contributed by atoms with Crippen molar-refractivity contribution in [2.45, 2.75) is 25.8 Å². The lowest BCUT2D eigenvalue weighted by Gasteiger charge is -2.08. The summed E-state index contributed by atoms with van der Waals surface area (Å²) in [6.45, 7) is 3.04. The maximum Gasteiger partial charge on any atom is 0.302 e. The maximum atomic E-state index is 10.4. The molecule has 0 unspecified atom stereocenters. The number of halogens is 1. The van der Waals surface area contributed by atoms with Crippen LogP contribution < -0.4 is 5.32 Å². The average molecular weight is 180 g/mol. The quantitative estimate of drug-likeness (QED) is 0.635. The summed E-state index contributed by atoms with van der Waals surface area (Å²) in [5.41, 5.74) is 0. The van der Waals surface area contributed by atoms with Gasteiger partial charge in [-0.15, -0.1) is 12.4 Å². The van der Waals surface area contributed by atoms with E-state index in [1.807, 2.05) is 0 Å². The minimum absolute atomic E-state index is 0. The molecule has 1 N–H and O–H groups in total. The molecule has 1 rings (SSSR count). The molecule has 0 saturated carbocycles. The zero-order chi connectivity index (χ0) is 7.40. The van der Waals surface area contributed by atoms with E-state index in [0.29, 0.717) is 12.6 Å². The summed E-state index contributed by atoms with van der Waals surface area (Å²) in [6.07, 6.45) is 2.33. The molecule has 0 spiro atoms. The first-order valence-electron chi connectivity index (χ1n) is 3.66. The van der Waals surface area contributed by atoms with E-state index in [9.17, 15) is 4.79 Å². The van der Waals surface area contributed by atoms with Gasteiger partial charge < -0.3 is 10.1 Å². The second kappa shape index (κ2) is 5.38. The third-order valence-electron chi connectivity index (χ3n) is 1.65. The first kappa shape index (κ1) is 10.7. The van der Waals surface area contributed by atoms with E-state index in [-0.39, 0.29) is 18.4 Å². The molecule has 0 aliphatic carbocycles. The number of carbonyl (C=O) groups is 1. The molecule has 0 bridgehead atoms. The third-order valence-corrected chi connectivity index (χ3v) is 1.65. The van der Waals surface area contributed by atoms with Crippen molar-refractivity contribution >= 4 is 18.4 Å². The highest BCUT2D eigenvalue weighted by Gasteiger charge is 2.14. The van der Waals surface area contributed by atoms with E-state index in [2.05, 4.69) is 5.32 Å². The molecule has 0 amide bonds. The normalized spacial score (nSPS) is 22.5. The SMILES string of the molecule is CC(=O)OC[C@H]1CCCN1.Cl. The Labute approximate surface area is 72.9 Å². The van der Waals surface area contributed by atoms with Crippen molar-refractivity contribution in [1.29, 1.82) is 0 Å². The lowest BCUT2D eigenvalue weighted by Crippen LogP contribution is -2.27. The van der Waals surface area contributed by atoms with Crippen LogP contribution in [0, 0.1) is 0 Å². The van der Waals surface area contributed by atoms with E-state index in [1.54, 1.807) is 0 Å². The Morgan fingerprint density at radius 3 is 2.91 bits per heavy atom. The minimum atomic E-state index is -0.186. The first-order chi connectivity index (χ1) is 4.79. The van der Waals surface area contributed by atoms with Crippen molar-refractivity contribution in [1.82, 2.24) is 5.32 Å². The van der Waals surface area contributed by atoms with Gasteiger partial charge in [0.1, 0.15) is 6.61 Å². The number of ether oxygens (including phenoxy) is 1. The van der Waals surface area contributed by atoms with Gasteiger partial charge in [0.15, 0.2) is 0 Å². The zero-order valence-corrected chi connectivity index (χ0v) is 7.45. The van der Waals surface area contributed by atoms with Gasteiger partial charge in [-0.25, -0.2) is 0 Å². The van der Waals surface area contributed by atoms with E-state index in [0.717, 1.165) is 13.0 Å². The highest BCUT2D eigenvalue weighted by molar-refractivity contribution is 5.85. The molecule has 0 radical (unpaired) electrons. The maximum absolute atomic E-state index is 10.4. The fourth-order valence-electron chi connectivity index (χ4n) is 1.12. The Bertz CT molecular complexity index is 124. The van der Waals surface area contributed by atoms with E-state index < -0.39 is 0 Å². The second-order valence-electron chi connectivity index (χ2n) is 2.60. The van der Waals surface area contributed by atoms with Crippen molar-refractivity contribution in [3.63, 3.8) is 0 Å². The van der Waals surface area contributed by atoms with Gasteiger partial charge in [0, 0.05) is 13.0 Å². The number of nitrogens with one attached hydrogen (secondary N) is 1. The van der Waals surface area contributed by atoms with Crippen LogP contribution >= 0.6 is 12.4 Å². The summed E-state index contributed by atoms with van der Waals surface area (Å²) >= 11 is 0. The first-order valence-corrected chi connectivity index (χ1v) is 3.66. The van der Waals surface area contributed by atoms with Crippen molar-refractivity contribution < 1.29 is 9.53 Å². The molecule has 1 fully saturated rings. The molecule has 1 aliphatic rings. The van der Waals surface area contributed by atoms with Crippen LogP contribution in [0.25, 0.3) is 0 Å². The van der Waals surface area contributed by atoms with Crippen LogP contribution in [0.3, 0.4) is 0 Å². The molecule has 66 valence electrons. The summed E-state index contributed by atoms with van der Waals surface area (Å²) in [6, 6.07) is 0.406. The van der Waals surface area contributed by atoms with E-state index >= 15 is 0 Å². The Hall–Kier alpha value is -0.280. The lowest BCUT2D eigenvalue weighted by atomic mass is 10.2. The van der Waals surface area contributed by atoms with Gasteiger partial charge in [-0.3, -0.25) is 4.79 Å². The highest BCUT2D eigenvalue weighted by atomic mass is 35.5. The number of esters is 1. The molecule has 0 aromatic carbocycles. The Morgan fingerprint density at radius 1 is 1.73 bits per heavy atom. The van der Waals surface area contributed by atoms with Crippen LogP contribution in [0.5, 0.6) is 0 Å². The predicted molar refractivity (Wildman–Crippen MR) is 44.9 cm³/mol. The topological polar surface area (TPSA) is 38.3 Å². The summed E-state index contributed by atoms with van der Waals surface area (Å²) < 4.78 is 4.82. The molecule has 0 aromatic heterocycles. The second-order valence-corrected chi connectivity index (χ2v) is 2.60. The van der Waals surface area contributed by atoms with Gasteiger partial charge in [0.2, 0.25) is 0 Å². The van der Waals surface area contributed by atoms with Gasteiger partial charge >= 0.3 is 5.97 Å². The molecule has 1 aliphatic heterocycles. The highest BCUT2D eigenvalue weighted by Crippen LogP contribution is 2.04. The van der Waals surface area contributed by atoms with Gasteiger partial charge in [-0.2, -0.15) is 0 Å². The lowest BCUT2D eigenvalue weighted by molar-refractivity contribution is -0.141.